The van der Waals surface area contributed by atoms with E-state index >= 15 is 0 Å². The maximum atomic E-state index is 11.7. The van der Waals surface area contributed by atoms with Crippen LogP contribution in [0.1, 0.15) is 12.8 Å². The van der Waals surface area contributed by atoms with Crippen molar-refractivity contribution < 1.29 is 140 Å². The van der Waals surface area contributed by atoms with Crippen molar-refractivity contribution in [2.24, 2.45) is 4.99 Å². The second kappa shape index (κ2) is 13.5. The zero-order chi connectivity index (χ0) is 21.4. The molecule has 3 rings (SSSR count). The molecule has 0 amide bonds. The van der Waals surface area contributed by atoms with Gasteiger partial charge in [0.15, 0.2) is 0 Å². The molecular weight excluding hydrogens is 528 g/mol. The summed E-state index contributed by atoms with van der Waals surface area (Å²) in [6, 6.07) is 0. The third-order valence-corrected chi connectivity index (χ3v) is 7.61. The number of hydrogen-bond acceptors (Lipinski definition) is 9. The van der Waals surface area contributed by atoms with E-state index in [1.165, 1.54) is 0 Å². The first-order valence-corrected chi connectivity index (χ1v) is 12.4. The molecule has 3 heterocycles. The quantitative estimate of drug-likeness (QED) is 0.164. The Balaban J connectivity index is 0.00000320. The molecule has 1 fully saturated rings. The molecule has 1 saturated heterocycles. The third-order valence-electron chi connectivity index (χ3n) is 3.81. The fourth-order valence-corrected chi connectivity index (χ4v) is 5.81. The standard InChI is InChI=1S/C10H17N5O11P3.3Na/c11-9-8-10(13-4-12-9)15(5-14-8)7-2-1-6(24-7)3-23-28(19,20)26-29(21,22)25-27(16,17)18;;;/h6-7H,1-5H2,(H5-,11,12,16,17,18,19,20,21,22);;;/q-3;3*+1/t6-,7+;;;/m0.../s1. The van der Waals surface area contributed by atoms with Crippen LogP contribution in [0.4, 0.5) is 0 Å². The summed E-state index contributed by atoms with van der Waals surface area (Å²) in [5.74, 6) is 0.503. The van der Waals surface area contributed by atoms with Crippen LogP contribution in [0.15, 0.2) is 16.5 Å². The first kappa shape index (κ1) is 34.0. The van der Waals surface area contributed by atoms with Gasteiger partial charge in [0.25, 0.3) is 0 Å². The fourth-order valence-electron chi connectivity index (χ4n) is 2.76. The van der Waals surface area contributed by atoms with Crippen LogP contribution in [0.25, 0.3) is 16.4 Å². The molecule has 0 saturated carbocycles. The van der Waals surface area contributed by atoms with Gasteiger partial charge < -0.3 is 50.6 Å². The van der Waals surface area contributed by atoms with Crippen LogP contribution in [0, 0.1) is 0 Å². The molecule has 3 aliphatic rings. The number of amidine groups is 1. The molecular formula is C10H17N5Na3O11P3. The van der Waals surface area contributed by atoms with Gasteiger partial charge in [-0.15, -0.1) is 12.4 Å². The number of phosphoric ester groups is 1. The Kier molecular flexibility index (Phi) is 14.3. The monoisotopic (exact) mass is 545 g/mol. The Hall–Kier alpha value is 1.98. The van der Waals surface area contributed by atoms with Crippen molar-refractivity contribution in [2.45, 2.75) is 25.2 Å². The minimum absolute atomic E-state index is 0. The van der Waals surface area contributed by atoms with E-state index in [9.17, 15) is 18.6 Å². The van der Waals surface area contributed by atoms with Crippen molar-refractivity contribution in [2.75, 3.05) is 19.9 Å². The second-order valence-corrected chi connectivity index (χ2v) is 10.3. The van der Waals surface area contributed by atoms with Gasteiger partial charge in [0.2, 0.25) is 0 Å². The smallest absolute Gasteiger partial charge is 0.685 e. The average Bonchev–Trinajstić information content (AvgIpc) is 3.16. The number of rotatable bonds is 8. The van der Waals surface area contributed by atoms with Crippen molar-refractivity contribution in [1.29, 1.82) is 0 Å². The summed E-state index contributed by atoms with van der Waals surface area (Å²) in [6.07, 6.45) is -0.310. The molecule has 0 aromatic carbocycles. The summed E-state index contributed by atoms with van der Waals surface area (Å²) in [7, 11) is -16.2. The van der Waals surface area contributed by atoms with Crippen LogP contribution >= 0.6 is 23.5 Å². The Morgan fingerprint density at radius 1 is 1.06 bits per heavy atom. The van der Waals surface area contributed by atoms with Crippen LogP contribution in [0.5, 0.6) is 0 Å². The minimum atomic E-state index is -5.56. The summed E-state index contributed by atoms with van der Waals surface area (Å²) in [4.78, 5) is 41.1. The SMILES string of the molecule is [NH-]C1=NC[N-]C2=C1[N-]CN2[C@H]1CC[C@@H](COP(=O)(O)OP(=O)(O)OP(=O)(O)O)O1.[Na+].[Na+].[Na+]. The van der Waals surface area contributed by atoms with E-state index in [4.69, 9.17) is 25.2 Å². The van der Waals surface area contributed by atoms with Crippen molar-refractivity contribution in [3.05, 3.63) is 27.9 Å². The van der Waals surface area contributed by atoms with Crippen LogP contribution in [-0.2, 0) is 31.6 Å². The summed E-state index contributed by atoms with van der Waals surface area (Å²) in [5.41, 5.74) is 8.09. The molecule has 0 aliphatic carbocycles. The molecule has 5 N–H and O–H groups in total. The van der Waals surface area contributed by atoms with Crippen molar-refractivity contribution >= 4 is 29.3 Å². The zero-order valence-corrected chi connectivity index (χ0v) is 26.2. The summed E-state index contributed by atoms with van der Waals surface area (Å²) in [6.45, 7) is -0.204. The van der Waals surface area contributed by atoms with Crippen LogP contribution < -0.4 is 88.7 Å². The first-order chi connectivity index (χ1) is 13.4. The van der Waals surface area contributed by atoms with Crippen molar-refractivity contribution in [3.63, 3.8) is 0 Å². The molecule has 2 unspecified atom stereocenters. The zero-order valence-electron chi connectivity index (χ0n) is 17.5. The normalized spacial score (nSPS) is 26.1. The van der Waals surface area contributed by atoms with Gasteiger partial charge in [-0.05, 0) is 19.5 Å². The van der Waals surface area contributed by atoms with Gasteiger partial charge in [-0.3, -0.25) is 4.52 Å². The van der Waals surface area contributed by atoms with Crippen LogP contribution in [-0.4, -0.2) is 62.6 Å². The predicted octanol–water partition coefficient (Wildman–Crippen LogP) is -7.54. The average molecular weight is 545 g/mol. The summed E-state index contributed by atoms with van der Waals surface area (Å²) in [5, 5.41) is 8.39. The topological polar surface area (TPSA) is 237 Å². The molecule has 0 radical (unpaired) electrons. The van der Waals surface area contributed by atoms with E-state index in [-0.39, 0.29) is 108 Å². The Bertz CT molecular complexity index is 873. The number of phosphoric acid groups is 3. The molecule has 16 nitrogen and oxygen atoms in total. The van der Waals surface area contributed by atoms with E-state index in [0.717, 1.165) is 0 Å². The van der Waals surface area contributed by atoms with E-state index in [0.29, 0.717) is 24.4 Å². The molecule has 0 bridgehead atoms. The van der Waals surface area contributed by atoms with E-state index in [1.54, 1.807) is 4.90 Å². The molecule has 0 spiro atoms. The number of hydrogen-bond donors (Lipinski definition) is 4. The van der Waals surface area contributed by atoms with Crippen LogP contribution in [0.3, 0.4) is 0 Å². The third kappa shape index (κ3) is 9.79. The van der Waals surface area contributed by atoms with Crippen molar-refractivity contribution in [3.8, 4) is 0 Å². The molecule has 3 aliphatic heterocycles. The molecule has 0 aromatic rings. The van der Waals surface area contributed by atoms with Gasteiger partial charge in [0.05, 0.1) is 18.9 Å². The molecule has 32 heavy (non-hydrogen) atoms. The van der Waals surface area contributed by atoms with Crippen LogP contribution in [0.2, 0.25) is 0 Å². The second-order valence-electron chi connectivity index (χ2n) is 5.92. The fraction of sp³-hybridized carbons (Fsp3) is 0.700. The Morgan fingerprint density at radius 3 is 2.34 bits per heavy atom. The van der Waals surface area contributed by atoms with E-state index in [2.05, 4.69) is 28.8 Å². The predicted molar refractivity (Wildman–Crippen MR) is 94.8 cm³/mol. The molecule has 0 aromatic heterocycles. The van der Waals surface area contributed by atoms with Gasteiger partial charge in [-0.25, -0.2) is 13.7 Å². The number of aliphatic imine (C=N–C) groups is 1. The van der Waals surface area contributed by atoms with Gasteiger partial charge in [0.1, 0.15) is 0 Å². The maximum absolute atomic E-state index is 11.7. The van der Waals surface area contributed by atoms with Gasteiger partial charge >= 0.3 is 112 Å². The van der Waals surface area contributed by atoms with Gasteiger partial charge in [0, 0.05) is 0 Å². The molecule has 22 heteroatoms. The number of nitrogens with zero attached hydrogens (tertiary/aromatic N) is 4. The summed E-state index contributed by atoms with van der Waals surface area (Å²) >= 11 is 0. The number of nitrogens with one attached hydrogen (secondary N) is 1. The van der Waals surface area contributed by atoms with E-state index < -0.39 is 42.4 Å². The number of ether oxygens (including phenoxy) is 1. The Morgan fingerprint density at radius 2 is 1.72 bits per heavy atom. The van der Waals surface area contributed by atoms with Crippen molar-refractivity contribution in [1.82, 2.24) is 4.90 Å². The van der Waals surface area contributed by atoms with Gasteiger partial charge in [-0.2, -0.15) is 8.62 Å². The van der Waals surface area contributed by atoms with E-state index in [1.807, 2.05) is 0 Å². The molecule has 4 atom stereocenters. The molecule has 166 valence electrons. The first-order valence-electron chi connectivity index (χ1n) is 7.91. The maximum Gasteiger partial charge on any atom is 1.00 e. The van der Waals surface area contributed by atoms with Gasteiger partial charge in [-0.1, -0.05) is 11.7 Å². The Labute approximate surface area is 249 Å². The largest absolute Gasteiger partial charge is 1.00 e. The summed E-state index contributed by atoms with van der Waals surface area (Å²) < 4.78 is 51.2. The minimum Gasteiger partial charge on any atom is -0.685 e.